The minimum atomic E-state index is -0.314. The molecule has 3 heterocycles. The summed E-state index contributed by atoms with van der Waals surface area (Å²) in [5.74, 6) is 0.843. The molecule has 0 atom stereocenters. The SMILES string of the molecule is Cc1cccc(N2CCN(c3ncnc(N4CCN(c5ccccc5)CC4)c3[N+](=O)[O-])CC2)c1C. The Bertz CT molecular complexity index is 1190. The minimum absolute atomic E-state index is 0.0147. The van der Waals surface area contributed by atoms with E-state index in [1.807, 2.05) is 28.0 Å². The third-order valence-electron chi connectivity index (χ3n) is 7.16. The van der Waals surface area contributed by atoms with Gasteiger partial charge >= 0.3 is 5.69 Å². The molecule has 0 aliphatic carbocycles. The van der Waals surface area contributed by atoms with Crippen molar-refractivity contribution < 1.29 is 4.92 Å². The van der Waals surface area contributed by atoms with Crippen molar-refractivity contribution in [2.75, 3.05) is 72.0 Å². The summed E-state index contributed by atoms with van der Waals surface area (Å²) in [4.78, 5) is 29.4. The highest BCUT2D eigenvalue weighted by Gasteiger charge is 2.33. The van der Waals surface area contributed by atoms with Crippen LogP contribution in [0.1, 0.15) is 11.1 Å². The van der Waals surface area contributed by atoms with Gasteiger partial charge in [-0.2, -0.15) is 0 Å². The van der Waals surface area contributed by atoms with Gasteiger partial charge in [0.15, 0.2) is 0 Å². The molecule has 2 aliphatic heterocycles. The molecule has 0 N–H and O–H groups in total. The lowest BCUT2D eigenvalue weighted by Crippen LogP contribution is -2.48. The number of nitro groups is 1. The number of aryl methyl sites for hydroxylation is 1. The van der Waals surface area contributed by atoms with E-state index in [2.05, 4.69) is 63.9 Å². The highest BCUT2D eigenvalue weighted by atomic mass is 16.6. The Morgan fingerprint density at radius 1 is 0.714 bits per heavy atom. The van der Waals surface area contributed by atoms with Crippen molar-refractivity contribution >= 4 is 28.7 Å². The monoisotopic (exact) mass is 473 g/mol. The number of nitrogens with zero attached hydrogens (tertiary/aromatic N) is 7. The van der Waals surface area contributed by atoms with Crippen molar-refractivity contribution in [1.82, 2.24) is 9.97 Å². The lowest BCUT2D eigenvalue weighted by molar-refractivity contribution is -0.383. The van der Waals surface area contributed by atoms with Crippen molar-refractivity contribution in [3.05, 3.63) is 76.1 Å². The molecule has 9 heteroatoms. The second kappa shape index (κ2) is 9.77. The van der Waals surface area contributed by atoms with Crippen molar-refractivity contribution in [2.45, 2.75) is 13.8 Å². The zero-order chi connectivity index (χ0) is 24.4. The second-order valence-electron chi connectivity index (χ2n) is 9.13. The summed E-state index contributed by atoms with van der Waals surface area (Å²) < 4.78 is 0. The minimum Gasteiger partial charge on any atom is -0.368 e. The van der Waals surface area contributed by atoms with Crippen LogP contribution in [-0.4, -0.2) is 67.2 Å². The standard InChI is InChI=1S/C26H31N7O2/c1-20-7-6-10-23(21(20)2)30-13-17-32(18-14-30)26-24(33(34)35)25(27-19-28-26)31-15-11-29(12-16-31)22-8-4-3-5-9-22/h3-10,19H,11-18H2,1-2H3. The zero-order valence-electron chi connectivity index (χ0n) is 20.3. The molecule has 0 spiro atoms. The van der Waals surface area contributed by atoms with Gasteiger partial charge in [-0.15, -0.1) is 0 Å². The average molecular weight is 474 g/mol. The van der Waals surface area contributed by atoms with Crippen LogP contribution in [0.15, 0.2) is 54.9 Å². The summed E-state index contributed by atoms with van der Waals surface area (Å²) in [7, 11) is 0. The van der Waals surface area contributed by atoms with Gasteiger partial charge in [0, 0.05) is 63.7 Å². The van der Waals surface area contributed by atoms with Crippen LogP contribution < -0.4 is 19.6 Å². The maximum Gasteiger partial charge on any atom is 0.353 e. The normalized spacial score (nSPS) is 16.5. The Labute approximate surface area is 205 Å². The molecule has 182 valence electrons. The number of aromatic nitrogens is 2. The number of hydrogen-bond donors (Lipinski definition) is 0. The van der Waals surface area contributed by atoms with Crippen LogP contribution in [0.5, 0.6) is 0 Å². The smallest absolute Gasteiger partial charge is 0.353 e. The number of rotatable bonds is 5. The highest BCUT2D eigenvalue weighted by molar-refractivity contribution is 5.72. The molecule has 5 rings (SSSR count). The molecule has 2 saturated heterocycles. The molecule has 35 heavy (non-hydrogen) atoms. The summed E-state index contributed by atoms with van der Waals surface area (Å²) in [6, 6.07) is 16.6. The van der Waals surface area contributed by atoms with Gasteiger partial charge in [-0.3, -0.25) is 10.1 Å². The van der Waals surface area contributed by atoms with E-state index in [9.17, 15) is 10.1 Å². The summed E-state index contributed by atoms with van der Waals surface area (Å²) >= 11 is 0. The van der Waals surface area contributed by atoms with Crippen molar-refractivity contribution in [3.63, 3.8) is 0 Å². The third-order valence-corrected chi connectivity index (χ3v) is 7.16. The molecule has 0 unspecified atom stereocenters. The van der Waals surface area contributed by atoms with E-state index < -0.39 is 0 Å². The van der Waals surface area contributed by atoms with Gasteiger partial charge in [0.2, 0.25) is 11.6 Å². The van der Waals surface area contributed by atoms with Crippen LogP contribution in [0.2, 0.25) is 0 Å². The lowest BCUT2D eigenvalue weighted by atomic mass is 10.1. The number of piperazine rings is 2. The van der Waals surface area contributed by atoms with Crippen LogP contribution >= 0.6 is 0 Å². The van der Waals surface area contributed by atoms with E-state index in [0.29, 0.717) is 37.8 Å². The molecule has 1 aromatic heterocycles. The Morgan fingerprint density at radius 2 is 1.26 bits per heavy atom. The molecule has 9 nitrogen and oxygen atoms in total. The van der Waals surface area contributed by atoms with Crippen molar-refractivity contribution in [2.24, 2.45) is 0 Å². The molecule has 2 fully saturated rings. The van der Waals surface area contributed by atoms with E-state index >= 15 is 0 Å². The number of benzene rings is 2. The third kappa shape index (κ3) is 4.58. The summed E-state index contributed by atoms with van der Waals surface area (Å²) in [5.41, 5.74) is 4.98. The molecule has 0 amide bonds. The van der Waals surface area contributed by atoms with Gasteiger partial charge in [-0.05, 0) is 43.2 Å². The first kappa shape index (κ1) is 22.9. The average Bonchev–Trinajstić information content (AvgIpc) is 2.90. The predicted octanol–water partition coefficient (Wildman–Crippen LogP) is 3.65. The van der Waals surface area contributed by atoms with Crippen molar-refractivity contribution in [3.8, 4) is 0 Å². The molecule has 0 radical (unpaired) electrons. The fraction of sp³-hybridized carbons (Fsp3) is 0.385. The maximum atomic E-state index is 12.2. The van der Waals surface area contributed by atoms with Gasteiger partial charge in [0.1, 0.15) is 6.33 Å². The Morgan fingerprint density at radius 3 is 1.83 bits per heavy atom. The van der Waals surface area contributed by atoms with E-state index in [1.165, 1.54) is 28.8 Å². The lowest BCUT2D eigenvalue weighted by Gasteiger charge is -2.38. The first-order chi connectivity index (χ1) is 17.0. The first-order valence-corrected chi connectivity index (χ1v) is 12.1. The molecular weight excluding hydrogens is 442 g/mol. The number of anilines is 4. The van der Waals surface area contributed by atoms with E-state index in [-0.39, 0.29) is 10.6 Å². The zero-order valence-corrected chi connectivity index (χ0v) is 20.3. The molecule has 0 saturated carbocycles. The molecule has 2 aliphatic rings. The molecule has 2 aromatic carbocycles. The molecule has 0 bridgehead atoms. The van der Waals surface area contributed by atoms with Gasteiger partial charge in [0.05, 0.1) is 4.92 Å². The first-order valence-electron chi connectivity index (χ1n) is 12.1. The van der Waals surface area contributed by atoms with Crippen LogP contribution in [0, 0.1) is 24.0 Å². The predicted molar refractivity (Wildman–Crippen MR) is 140 cm³/mol. The van der Waals surface area contributed by atoms with Gasteiger partial charge in [-0.25, -0.2) is 9.97 Å². The fourth-order valence-corrected chi connectivity index (χ4v) is 5.04. The number of hydrogen-bond acceptors (Lipinski definition) is 8. The van der Waals surface area contributed by atoms with E-state index in [4.69, 9.17) is 0 Å². The Hall–Kier alpha value is -3.88. The molecule has 3 aromatic rings. The van der Waals surface area contributed by atoms with Crippen LogP contribution in [0.3, 0.4) is 0 Å². The van der Waals surface area contributed by atoms with Crippen molar-refractivity contribution in [1.29, 1.82) is 0 Å². The topological polar surface area (TPSA) is 81.9 Å². The van der Waals surface area contributed by atoms with E-state index in [0.717, 1.165) is 26.2 Å². The maximum absolute atomic E-state index is 12.2. The second-order valence-corrected chi connectivity index (χ2v) is 9.13. The summed E-state index contributed by atoms with van der Waals surface area (Å²) in [5, 5.41) is 12.2. The Kier molecular flexibility index (Phi) is 6.39. The van der Waals surface area contributed by atoms with Crippen LogP contribution in [-0.2, 0) is 0 Å². The fourth-order valence-electron chi connectivity index (χ4n) is 5.04. The highest BCUT2D eigenvalue weighted by Crippen LogP contribution is 2.36. The summed E-state index contributed by atoms with van der Waals surface area (Å²) in [6.07, 6.45) is 1.47. The van der Waals surface area contributed by atoms with E-state index in [1.54, 1.807) is 0 Å². The van der Waals surface area contributed by atoms with Gasteiger partial charge in [-0.1, -0.05) is 30.3 Å². The summed E-state index contributed by atoms with van der Waals surface area (Å²) in [6.45, 7) is 10.1. The van der Waals surface area contributed by atoms with Gasteiger partial charge < -0.3 is 19.6 Å². The molecular formula is C26H31N7O2. The van der Waals surface area contributed by atoms with Crippen LogP contribution in [0.4, 0.5) is 28.7 Å². The van der Waals surface area contributed by atoms with Gasteiger partial charge in [0.25, 0.3) is 0 Å². The number of para-hydroxylation sites is 1. The Balaban J connectivity index is 1.32. The van der Waals surface area contributed by atoms with Crippen LogP contribution in [0.25, 0.3) is 0 Å². The quantitative estimate of drug-likeness (QED) is 0.410. The largest absolute Gasteiger partial charge is 0.368 e.